The molecule has 0 fully saturated rings. The number of hydrogen-bond acceptors (Lipinski definition) is 2. The molecule has 0 amide bonds. The molecule has 0 radical (unpaired) electrons. The number of nitriles is 1. The maximum absolute atomic E-state index is 14.0. The van der Waals surface area contributed by atoms with Crippen molar-refractivity contribution in [3.63, 3.8) is 0 Å². The minimum Gasteiger partial charge on any atom is -0.361 e. The summed E-state index contributed by atoms with van der Waals surface area (Å²) in [4.78, 5) is 7.78. The lowest BCUT2D eigenvalue weighted by atomic mass is 10.1. The summed E-state index contributed by atoms with van der Waals surface area (Å²) in [6.07, 6.45) is 2.90. The van der Waals surface area contributed by atoms with Crippen molar-refractivity contribution in [2.75, 3.05) is 13.1 Å². The lowest BCUT2D eigenvalue weighted by Crippen LogP contribution is -2.38. The Kier molecular flexibility index (Phi) is 6.28. The van der Waals surface area contributed by atoms with Gasteiger partial charge >= 0.3 is 0 Å². The number of hydrogen-bond donors (Lipinski definition) is 3. The van der Waals surface area contributed by atoms with Crippen molar-refractivity contribution in [3.05, 3.63) is 70.7 Å². The monoisotopic (exact) mass is 377 g/mol. The molecule has 6 heteroatoms. The van der Waals surface area contributed by atoms with E-state index in [1.54, 1.807) is 12.1 Å². The molecule has 1 aromatic heterocycles. The van der Waals surface area contributed by atoms with Crippen LogP contribution in [0.5, 0.6) is 0 Å². The number of guanidine groups is 1. The van der Waals surface area contributed by atoms with Gasteiger partial charge in [0.15, 0.2) is 5.96 Å². The summed E-state index contributed by atoms with van der Waals surface area (Å²) in [5.74, 6) is 0.232. The SMILES string of the molecule is CCNC(=NCc1ccc(C#N)cc1F)NCCc1c[nH]c2cccc(C)c12. The number of fused-ring (bicyclic) bond motifs is 1. The molecule has 28 heavy (non-hydrogen) atoms. The van der Waals surface area contributed by atoms with Crippen molar-refractivity contribution in [1.82, 2.24) is 15.6 Å². The standard InChI is InChI=1S/C22H24FN5/c1-3-25-22(28-13-17-8-7-16(12-24)11-19(17)23)26-10-9-18-14-27-20-6-4-5-15(2)21(18)20/h4-8,11,14,27H,3,9-10,13H2,1-2H3,(H2,25,26,28). The van der Waals surface area contributed by atoms with Gasteiger partial charge in [-0.25, -0.2) is 9.38 Å². The van der Waals surface area contributed by atoms with Gasteiger partial charge < -0.3 is 15.6 Å². The van der Waals surface area contributed by atoms with E-state index in [1.165, 1.54) is 22.6 Å². The molecule has 144 valence electrons. The smallest absolute Gasteiger partial charge is 0.191 e. The van der Waals surface area contributed by atoms with Crippen LogP contribution in [0.25, 0.3) is 10.9 Å². The highest BCUT2D eigenvalue weighted by Crippen LogP contribution is 2.22. The molecule has 3 N–H and O–H groups in total. The van der Waals surface area contributed by atoms with Gasteiger partial charge in [0, 0.05) is 35.8 Å². The number of halogens is 1. The van der Waals surface area contributed by atoms with Crippen LogP contribution in [0.3, 0.4) is 0 Å². The molecule has 0 unspecified atom stereocenters. The van der Waals surface area contributed by atoms with E-state index in [0.717, 1.165) is 11.9 Å². The molecule has 2 aromatic carbocycles. The van der Waals surface area contributed by atoms with Crippen LogP contribution >= 0.6 is 0 Å². The van der Waals surface area contributed by atoms with Crippen LogP contribution in [-0.2, 0) is 13.0 Å². The normalized spacial score (nSPS) is 11.4. The van der Waals surface area contributed by atoms with E-state index in [9.17, 15) is 4.39 Å². The van der Waals surface area contributed by atoms with Gasteiger partial charge in [0.1, 0.15) is 5.82 Å². The van der Waals surface area contributed by atoms with Crippen molar-refractivity contribution in [2.45, 2.75) is 26.8 Å². The van der Waals surface area contributed by atoms with Crippen molar-refractivity contribution in [2.24, 2.45) is 4.99 Å². The number of nitrogens with zero attached hydrogens (tertiary/aromatic N) is 2. The van der Waals surface area contributed by atoms with E-state index >= 15 is 0 Å². The number of aromatic nitrogens is 1. The maximum atomic E-state index is 14.0. The van der Waals surface area contributed by atoms with Crippen molar-refractivity contribution >= 4 is 16.9 Å². The quantitative estimate of drug-likeness (QED) is 0.452. The molecule has 0 atom stereocenters. The number of aliphatic imine (C=N–C) groups is 1. The molecule has 0 aliphatic carbocycles. The van der Waals surface area contributed by atoms with Gasteiger partial charge in [0.05, 0.1) is 18.2 Å². The first kappa shape index (κ1) is 19.4. The maximum Gasteiger partial charge on any atom is 0.191 e. The van der Waals surface area contributed by atoms with Crippen LogP contribution in [0.15, 0.2) is 47.6 Å². The first-order valence-electron chi connectivity index (χ1n) is 9.38. The summed E-state index contributed by atoms with van der Waals surface area (Å²) < 4.78 is 14.0. The molecule has 5 nitrogen and oxygen atoms in total. The largest absolute Gasteiger partial charge is 0.361 e. The zero-order valence-electron chi connectivity index (χ0n) is 16.1. The van der Waals surface area contributed by atoms with Crippen molar-refractivity contribution in [1.29, 1.82) is 5.26 Å². The lowest BCUT2D eigenvalue weighted by Gasteiger charge is -2.11. The van der Waals surface area contributed by atoms with Gasteiger partial charge in [0.25, 0.3) is 0 Å². The van der Waals surface area contributed by atoms with Crippen LogP contribution < -0.4 is 10.6 Å². The van der Waals surface area contributed by atoms with Crippen LogP contribution in [0.1, 0.15) is 29.2 Å². The van der Waals surface area contributed by atoms with Gasteiger partial charge in [-0.3, -0.25) is 0 Å². The zero-order valence-corrected chi connectivity index (χ0v) is 16.1. The van der Waals surface area contributed by atoms with E-state index in [2.05, 4.69) is 51.9 Å². The van der Waals surface area contributed by atoms with Gasteiger partial charge in [-0.1, -0.05) is 18.2 Å². The Morgan fingerprint density at radius 1 is 1.21 bits per heavy atom. The second-order valence-corrected chi connectivity index (χ2v) is 6.60. The highest BCUT2D eigenvalue weighted by Gasteiger charge is 2.07. The number of benzene rings is 2. The lowest BCUT2D eigenvalue weighted by molar-refractivity contribution is 0.609. The summed E-state index contributed by atoms with van der Waals surface area (Å²) in [6, 6.07) is 12.6. The van der Waals surface area contributed by atoms with E-state index < -0.39 is 5.82 Å². The predicted octanol–water partition coefficient (Wildman–Crippen LogP) is 3.78. The fraction of sp³-hybridized carbons (Fsp3) is 0.273. The summed E-state index contributed by atoms with van der Waals surface area (Å²) in [5, 5.41) is 16.6. The molecule has 0 aliphatic rings. The third kappa shape index (κ3) is 4.49. The van der Waals surface area contributed by atoms with Crippen molar-refractivity contribution in [3.8, 4) is 6.07 Å². The topological polar surface area (TPSA) is 76.0 Å². The molecular formula is C22H24FN5. The Morgan fingerprint density at radius 3 is 2.82 bits per heavy atom. The average Bonchev–Trinajstić information content (AvgIpc) is 3.11. The number of H-pyrrole nitrogens is 1. The van der Waals surface area contributed by atoms with Crippen LogP contribution in [0.4, 0.5) is 4.39 Å². The minimum absolute atomic E-state index is 0.207. The second-order valence-electron chi connectivity index (χ2n) is 6.60. The van der Waals surface area contributed by atoms with Gasteiger partial charge in [-0.05, 0) is 49.6 Å². The highest BCUT2D eigenvalue weighted by molar-refractivity contribution is 5.86. The summed E-state index contributed by atoms with van der Waals surface area (Å²) in [6.45, 7) is 5.74. The Hall–Kier alpha value is -3.33. The Labute approximate surface area is 164 Å². The van der Waals surface area contributed by atoms with E-state index in [1.807, 2.05) is 13.0 Å². The van der Waals surface area contributed by atoms with Crippen LogP contribution in [0, 0.1) is 24.1 Å². The van der Waals surface area contributed by atoms with E-state index in [0.29, 0.717) is 30.2 Å². The number of nitrogens with one attached hydrogen (secondary N) is 3. The molecule has 0 saturated carbocycles. The summed E-state index contributed by atoms with van der Waals surface area (Å²) >= 11 is 0. The number of aromatic amines is 1. The fourth-order valence-corrected chi connectivity index (χ4v) is 3.22. The molecular weight excluding hydrogens is 353 g/mol. The Balaban J connectivity index is 1.64. The van der Waals surface area contributed by atoms with Gasteiger partial charge in [0.2, 0.25) is 0 Å². The third-order valence-electron chi connectivity index (χ3n) is 4.62. The third-order valence-corrected chi connectivity index (χ3v) is 4.62. The Morgan fingerprint density at radius 2 is 2.07 bits per heavy atom. The first-order valence-corrected chi connectivity index (χ1v) is 9.38. The summed E-state index contributed by atoms with van der Waals surface area (Å²) in [7, 11) is 0. The fourth-order valence-electron chi connectivity index (χ4n) is 3.22. The molecule has 1 heterocycles. The minimum atomic E-state index is -0.409. The molecule has 3 rings (SSSR count). The zero-order chi connectivity index (χ0) is 19.9. The molecule has 0 saturated heterocycles. The molecule has 0 aliphatic heterocycles. The van der Waals surface area contributed by atoms with E-state index in [4.69, 9.17) is 5.26 Å². The molecule has 3 aromatic rings. The molecule has 0 spiro atoms. The highest BCUT2D eigenvalue weighted by atomic mass is 19.1. The first-order chi connectivity index (χ1) is 13.6. The van der Waals surface area contributed by atoms with Gasteiger partial charge in [-0.2, -0.15) is 5.26 Å². The predicted molar refractivity (Wildman–Crippen MR) is 111 cm³/mol. The Bertz CT molecular complexity index is 1030. The molecule has 0 bridgehead atoms. The van der Waals surface area contributed by atoms with Crippen LogP contribution in [-0.4, -0.2) is 24.0 Å². The number of rotatable bonds is 6. The average molecular weight is 377 g/mol. The van der Waals surface area contributed by atoms with Crippen molar-refractivity contribution < 1.29 is 4.39 Å². The van der Waals surface area contributed by atoms with Gasteiger partial charge in [-0.15, -0.1) is 0 Å². The summed E-state index contributed by atoms with van der Waals surface area (Å²) in [5.41, 5.74) is 4.43. The van der Waals surface area contributed by atoms with E-state index in [-0.39, 0.29) is 6.54 Å². The number of aryl methyl sites for hydroxylation is 1. The second kappa shape index (κ2) is 9.05. The van der Waals surface area contributed by atoms with Crippen LogP contribution in [0.2, 0.25) is 0 Å².